The Morgan fingerprint density at radius 3 is 2.78 bits per heavy atom. The van der Waals surface area contributed by atoms with Crippen molar-refractivity contribution in [3.05, 3.63) is 30.6 Å². The SMILES string of the molecule is Nc1n[c]nc(Nc2cccc(S(=O)(=O)O)c2)n1. The van der Waals surface area contributed by atoms with Gasteiger partial charge >= 0.3 is 0 Å². The van der Waals surface area contributed by atoms with Crippen LogP contribution < -0.4 is 11.1 Å². The fraction of sp³-hybridized carbons (Fsp3) is 0. The average Bonchev–Trinajstić information content (AvgIpc) is 2.28. The third-order valence-electron chi connectivity index (χ3n) is 1.93. The molecule has 0 saturated heterocycles. The lowest BCUT2D eigenvalue weighted by Gasteiger charge is -2.05. The topological polar surface area (TPSA) is 131 Å². The van der Waals surface area contributed by atoms with Crippen LogP contribution in [0.1, 0.15) is 0 Å². The second-order valence-electron chi connectivity index (χ2n) is 3.25. The molecule has 0 bridgehead atoms. The Kier molecular flexibility index (Phi) is 3.08. The lowest BCUT2D eigenvalue weighted by atomic mass is 10.3. The summed E-state index contributed by atoms with van der Waals surface area (Å²) in [6, 6.07) is 5.53. The van der Waals surface area contributed by atoms with Crippen LogP contribution >= 0.6 is 0 Å². The Morgan fingerprint density at radius 1 is 1.33 bits per heavy atom. The fourth-order valence-corrected chi connectivity index (χ4v) is 1.73. The maximum absolute atomic E-state index is 11.0. The molecule has 0 saturated carbocycles. The number of nitrogens with two attached hydrogens (primary N) is 1. The number of anilines is 3. The summed E-state index contributed by atoms with van der Waals surface area (Å²) in [5, 5.41) is 2.71. The number of nitrogens with one attached hydrogen (secondary N) is 1. The number of aromatic nitrogens is 3. The molecule has 2 aromatic rings. The molecule has 0 spiro atoms. The summed E-state index contributed by atoms with van der Waals surface area (Å²) in [6.07, 6.45) is 2.28. The minimum Gasteiger partial charge on any atom is -0.368 e. The van der Waals surface area contributed by atoms with Crippen LogP contribution in [0.2, 0.25) is 0 Å². The summed E-state index contributed by atoms with van der Waals surface area (Å²) in [6.45, 7) is 0. The zero-order valence-corrected chi connectivity index (χ0v) is 9.72. The van der Waals surface area contributed by atoms with Crippen LogP contribution in [0.25, 0.3) is 0 Å². The zero-order valence-electron chi connectivity index (χ0n) is 8.90. The van der Waals surface area contributed by atoms with E-state index in [4.69, 9.17) is 10.3 Å². The molecular weight excluding hydrogens is 258 g/mol. The van der Waals surface area contributed by atoms with Crippen LogP contribution in [0.5, 0.6) is 0 Å². The minimum absolute atomic E-state index is 0.0153. The minimum atomic E-state index is -4.25. The summed E-state index contributed by atoms with van der Waals surface area (Å²) in [5.41, 5.74) is 5.72. The highest BCUT2D eigenvalue weighted by atomic mass is 32.2. The molecule has 2 rings (SSSR count). The second-order valence-corrected chi connectivity index (χ2v) is 4.67. The van der Waals surface area contributed by atoms with Crippen molar-refractivity contribution in [3.8, 4) is 0 Å². The highest BCUT2D eigenvalue weighted by molar-refractivity contribution is 7.85. The van der Waals surface area contributed by atoms with Gasteiger partial charge in [-0.1, -0.05) is 6.07 Å². The van der Waals surface area contributed by atoms with Crippen LogP contribution in [0.3, 0.4) is 0 Å². The quantitative estimate of drug-likeness (QED) is 0.673. The lowest BCUT2D eigenvalue weighted by molar-refractivity contribution is 0.483. The van der Waals surface area contributed by atoms with Crippen molar-refractivity contribution in [2.24, 2.45) is 0 Å². The van der Waals surface area contributed by atoms with Crippen molar-refractivity contribution in [2.45, 2.75) is 4.90 Å². The van der Waals surface area contributed by atoms with Crippen LogP contribution in [-0.4, -0.2) is 27.9 Å². The van der Waals surface area contributed by atoms with Gasteiger partial charge in [-0.05, 0) is 18.2 Å². The standard InChI is InChI=1S/C9H8N5O3S/c10-8-11-5-12-9(14-8)13-6-2-1-3-7(4-6)18(15,16)17/h1-4H,(H,15,16,17)(H3,10,11,12,13,14). The van der Waals surface area contributed by atoms with E-state index in [1.807, 2.05) is 0 Å². The normalized spacial score (nSPS) is 11.2. The molecule has 4 N–H and O–H groups in total. The maximum Gasteiger partial charge on any atom is 0.294 e. The molecule has 0 atom stereocenters. The molecule has 0 fully saturated rings. The molecule has 1 aromatic heterocycles. The molecule has 8 nitrogen and oxygen atoms in total. The Morgan fingerprint density at radius 2 is 2.11 bits per heavy atom. The number of hydrogen-bond donors (Lipinski definition) is 3. The molecule has 18 heavy (non-hydrogen) atoms. The van der Waals surface area contributed by atoms with Gasteiger partial charge < -0.3 is 11.1 Å². The molecule has 0 aliphatic heterocycles. The van der Waals surface area contributed by atoms with Crippen molar-refractivity contribution >= 4 is 27.7 Å². The summed E-state index contributed by atoms with van der Waals surface area (Å²) in [5.74, 6) is 0.105. The van der Waals surface area contributed by atoms with Gasteiger partial charge in [0.15, 0.2) is 0 Å². The fourth-order valence-electron chi connectivity index (χ4n) is 1.20. The van der Waals surface area contributed by atoms with Crippen LogP contribution in [0, 0.1) is 6.33 Å². The molecule has 1 aromatic carbocycles. The van der Waals surface area contributed by atoms with Gasteiger partial charge in [0.25, 0.3) is 10.1 Å². The van der Waals surface area contributed by atoms with Gasteiger partial charge in [0.05, 0.1) is 4.90 Å². The van der Waals surface area contributed by atoms with Crippen molar-refractivity contribution in [1.82, 2.24) is 15.0 Å². The van der Waals surface area contributed by atoms with E-state index >= 15 is 0 Å². The summed E-state index contributed by atoms with van der Waals surface area (Å²) in [7, 11) is -4.25. The molecule has 93 valence electrons. The summed E-state index contributed by atoms with van der Waals surface area (Å²) >= 11 is 0. The molecule has 0 aliphatic carbocycles. The van der Waals surface area contributed by atoms with Gasteiger partial charge in [0.1, 0.15) is 0 Å². The van der Waals surface area contributed by atoms with Crippen molar-refractivity contribution in [1.29, 1.82) is 0 Å². The molecule has 1 radical (unpaired) electrons. The maximum atomic E-state index is 11.0. The van der Waals surface area contributed by atoms with E-state index < -0.39 is 10.1 Å². The van der Waals surface area contributed by atoms with Gasteiger partial charge in [0.2, 0.25) is 18.2 Å². The lowest BCUT2D eigenvalue weighted by Crippen LogP contribution is -2.03. The van der Waals surface area contributed by atoms with E-state index in [2.05, 4.69) is 26.6 Å². The van der Waals surface area contributed by atoms with Gasteiger partial charge in [0, 0.05) is 5.69 Å². The third-order valence-corrected chi connectivity index (χ3v) is 2.78. The summed E-state index contributed by atoms with van der Waals surface area (Å²) < 4.78 is 30.8. The van der Waals surface area contributed by atoms with E-state index in [1.54, 1.807) is 6.07 Å². The van der Waals surface area contributed by atoms with E-state index in [0.29, 0.717) is 5.69 Å². The first-order valence-corrected chi connectivity index (χ1v) is 6.11. The second kappa shape index (κ2) is 4.55. The van der Waals surface area contributed by atoms with Crippen LogP contribution in [-0.2, 0) is 10.1 Å². The molecule has 9 heteroatoms. The third kappa shape index (κ3) is 2.90. The number of hydrogen-bond acceptors (Lipinski definition) is 7. The Bertz CT molecular complexity index is 673. The Labute approximate surface area is 103 Å². The number of benzene rings is 1. The number of nitrogen functional groups attached to an aromatic ring is 1. The Balaban J connectivity index is 2.30. The van der Waals surface area contributed by atoms with Gasteiger partial charge in [-0.25, -0.2) is 0 Å². The smallest absolute Gasteiger partial charge is 0.294 e. The number of nitrogens with zero attached hydrogens (tertiary/aromatic N) is 3. The van der Waals surface area contributed by atoms with E-state index in [9.17, 15) is 8.42 Å². The summed E-state index contributed by atoms with van der Waals surface area (Å²) in [4.78, 5) is 10.7. The van der Waals surface area contributed by atoms with Gasteiger partial charge in [-0.2, -0.15) is 23.4 Å². The van der Waals surface area contributed by atoms with Gasteiger partial charge in [-0.15, -0.1) is 0 Å². The van der Waals surface area contributed by atoms with Crippen molar-refractivity contribution in [3.63, 3.8) is 0 Å². The largest absolute Gasteiger partial charge is 0.368 e. The van der Waals surface area contributed by atoms with E-state index in [-0.39, 0.29) is 16.8 Å². The van der Waals surface area contributed by atoms with Gasteiger partial charge in [-0.3, -0.25) is 4.55 Å². The average molecular weight is 266 g/mol. The van der Waals surface area contributed by atoms with E-state index in [0.717, 1.165) is 0 Å². The van der Waals surface area contributed by atoms with Crippen molar-refractivity contribution in [2.75, 3.05) is 11.1 Å². The molecular formula is C9H8N5O3S. The molecule has 0 amide bonds. The number of rotatable bonds is 3. The molecule has 0 unspecified atom stereocenters. The first-order chi connectivity index (χ1) is 8.45. The first-order valence-electron chi connectivity index (χ1n) is 4.67. The zero-order chi connectivity index (χ0) is 13.2. The molecule has 0 aliphatic rings. The van der Waals surface area contributed by atoms with Crippen LogP contribution in [0.4, 0.5) is 17.6 Å². The first kappa shape index (κ1) is 12.2. The molecule has 1 heterocycles. The van der Waals surface area contributed by atoms with Crippen molar-refractivity contribution < 1.29 is 13.0 Å². The highest BCUT2D eigenvalue weighted by Gasteiger charge is 2.10. The Hall–Kier alpha value is -2.26. The van der Waals surface area contributed by atoms with E-state index in [1.165, 1.54) is 18.2 Å². The highest BCUT2D eigenvalue weighted by Crippen LogP contribution is 2.17. The predicted octanol–water partition coefficient (Wildman–Crippen LogP) is 0.244. The van der Waals surface area contributed by atoms with Crippen LogP contribution in [0.15, 0.2) is 29.2 Å². The monoisotopic (exact) mass is 266 g/mol. The predicted molar refractivity (Wildman–Crippen MR) is 62.6 cm³/mol.